The molecule has 0 aromatic rings. The van der Waals surface area contributed by atoms with E-state index in [9.17, 15) is 0 Å². The van der Waals surface area contributed by atoms with Crippen LogP contribution in [-0.2, 0) is 4.74 Å². The van der Waals surface area contributed by atoms with E-state index in [0.29, 0.717) is 12.1 Å². The first kappa shape index (κ1) is 14.9. The third-order valence-corrected chi connectivity index (χ3v) is 2.44. The molecule has 0 saturated carbocycles. The van der Waals surface area contributed by atoms with Crippen molar-refractivity contribution in [3.8, 4) is 0 Å². The van der Waals surface area contributed by atoms with Crippen LogP contribution in [0.1, 0.15) is 53.9 Å². The Morgan fingerprint density at radius 2 is 1.67 bits per heavy atom. The Labute approximate surface area is 95.8 Å². The van der Waals surface area contributed by atoms with Gasteiger partial charge < -0.3 is 10.1 Å². The number of rotatable bonds is 9. The molecule has 15 heavy (non-hydrogen) atoms. The second kappa shape index (κ2) is 9.17. The zero-order valence-corrected chi connectivity index (χ0v) is 11.2. The van der Waals surface area contributed by atoms with Crippen molar-refractivity contribution in [1.29, 1.82) is 0 Å². The largest absolute Gasteiger partial charge is 0.379 e. The average molecular weight is 215 g/mol. The monoisotopic (exact) mass is 215 g/mol. The fourth-order valence-corrected chi connectivity index (χ4v) is 1.43. The summed E-state index contributed by atoms with van der Waals surface area (Å²) in [4.78, 5) is 0. The lowest BCUT2D eigenvalue weighted by Crippen LogP contribution is -2.28. The zero-order valence-electron chi connectivity index (χ0n) is 11.2. The highest BCUT2D eigenvalue weighted by atomic mass is 16.5. The summed E-state index contributed by atoms with van der Waals surface area (Å²) in [5.41, 5.74) is 0. The molecule has 0 saturated heterocycles. The van der Waals surface area contributed by atoms with Crippen molar-refractivity contribution in [2.75, 3.05) is 13.2 Å². The molecule has 0 aromatic heterocycles. The van der Waals surface area contributed by atoms with Crippen molar-refractivity contribution in [1.82, 2.24) is 5.32 Å². The van der Waals surface area contributed by atoms with Gasteiger partial charge in [-0.05, 0) is 52.5 Å². The molecule has 1 N–H and O–H groups in total. The van der Waals surface area contributed by atoms with Crippen molar-refractivity contribution in [3.05, 3.63) is 0 Å². The Hall–Kier alpha value is -0.0800. The van der Waals surface area contributed by atoms with E-state index < -0.39 is 0 Å². The summed E-state index contributed by atoms with van der Waals surface area (Å²) >= 11 is 0. The third-order valence-electron chi connectivity index (χ3n) is 2.44. The Kier molecular flexibility index (Phi) is 9.12. The molecule has 0 aliphatic heterocycles. The van der Waals surface area contributed by atoms with Gasteiger partial charge in [0.1, 0.15) is 0 Å². The molecular formula is C13H29NO. The maximum Gasteiger partial charge on any atom is 0.0518 e. The first-order chi connectivity index (χ1) is 7.02. The van der Waals surface area contributed by atoms with E-state index in [-0.39, 0.29) is 0 Å². The molecule has 2 heteroatoms. The molecule has 0 radical (unpaired) electrons. The number of nitrogens with one attached hydrogen (secondary N) is 1. The van der Waals surface area contributed by atoms with Gasteiger partial charge >= 0.3 is 0 Å². The van der Waals surface area contributed by atoms with Crippen LogP contribution in [0.5, 0.6) is 0 Å². The fourth-order valence-electron chi connectivity index (χ4n) is 1.43. The van der Waals surface area contributed by atoms with Crippen LogP contribution < -0.4 is 5.32 Å². The first-order valence-electron chi connectivity index (χ1n) is 6.37. The minimum atomic E-state index is 0.364. The Bertz CT molecular complexity index is 134. The van der Waals surface area contributed by atoms with Crippen LogP contribution >= 0.6 is 0 Å². The summed E-state index contributed by atoms with van der Waals surface area (Å²) in [5, 5.41) is 3.53. The minimum Gasteiger partial charge on any atom is -0.379 e. The standard InChI is InChI=1S/C13H29NO/c1-11(2)7-8-13(5)14-9-6-10-15-12(3)4/h11-14H,6-10H2,1-5H3. The maximum absolute atomic E-state index is 5.48. The summed E-state index contributed by atoms with van der Waals surface area (Å²) < 4.78 is 5.48. The van der Waals surface area contributed by atoms with E-state index >= 15 is 0 Å². The SMILES string of the molecule is CC(C)CCC(C)NCCCOC(C)C. The van der Waals surface area contributed by atoms with Crippen LogP contribution in [0.4, 0.5) is 0 Å². The fraction of sp³-hybridized carbons (Fsp3) is 1.00. The van der Waals surface area contributed by atoms with Crippen LogP contribution in [0, 0.1) is 5.92 Å². The molecule has 0 aliphatic carbocycles. The third kappa shape index (κ3) is 11.8. The van der Waals surface area contributed by atoms with Crippen molar-refractivity contribution in [2.24, 2.45) is 5.92 Å². The van der Waals surface area contributed by atoms with Crippen molar-refractivity contribution in [3.63, 3.8) is 0 Å². The summed E-state index contributed by atoms with van der Waals surface area (Å²) in [7, 11) is 0. The quantitative estimate of drug-likeness (QED) is 0.596. The Morgan fingerprint density at radius 1 is 1.00 bits per heavy atom. The summed E-state index contributed by atoms with van der Waals surface area (Å²) in [6, 6.07) is 0.645. The van der Waals surface area contributed by atoms with Crippen molar-refractivity contribution in [2.45, 2.75) is 66.0 Å². The molecule has 0 bridgehead atoms. The van der Waals surface area contributed by atoms with Crippen molar-refractivity contribution >= 4 is 0 Å². The van der Waals surface area contributed by atoms with Crippen LogP contribution in [0.2, 0.25) is 0 Å². The second-order valence-electron chi connectivity index (χ2n) is 5.10. The van der Waals surface area contributed by atoms with Crippen LogP contribution in [0.3, 0.4) is 0 Å². The number of ether oxygens (including phenoxy) is 1. The van der Waals surface area contributed by atoms with Crippen LogP contribution in [-0.4, -0.2) is 25.3 Å². The van der Waals surface area contributed by atoms with Gasteiger partial charge in [-0.3, -0.25) is 0 Å². The van der Waals surface area contributed by atoms with E-state index in [1.54, 1.807) is 0 Å². The second-order valence-corrected chi connectivity index (χ2v) is 5.10. The summed E-state index contributed by atoms with van der Waals surface area (Å²) in [6.45, 7) is 12.9. The molecule has 0 fully saturated rings. The van der Waals surface area contributed by atoms with Gasteiger partial charge in [0.15, 0.2) is 0 Å². The molecule has 0 aromatic carbocycles. The van der Waals surface area contributed by atoms with Gasteiger partial charge in [0.25, 0.3) is 0 Å². The topological polar surface area (TPSA) is 21.3 Å². The number of hydrogen-bond acceptors (Lipinski definition) is 2. The normalized spacial score (nSPS) is 13.8. The molecule has 0 amide bonds. The highest BCUT2D eigenvalue weighted by Gasteiger charge is 2.02. The lowest BCUT2D eigenvalue weighted by atomic mass is 10.0. The van der Waals surface area contributed by atoms with Gasteiger partial charge in [-0.25, -0.2) is 0 Å². The highest BCUT2D eigenvalue weighted by Crippen LogP contribution is 2.06. The van der Waals surface area contributed by atoms with E-state index in [4.69, 9.17) is 4.74 Å². The highest BCUT2D eigenvalue weighted by molar-refractivity contribution is 4.61. The van der Waals surface area contributed by atoms with Crippen molar-refractivity contribution < 1.29 is 4.74 Å². The molecule has 2 nitrogen and oxygen atoms in total. The van der Waals surface area contributed by atoms with E-state index in [2.05, 4.69) is 39.9 Å². The Balaban J connectivity index is 3.20. The van der Waals surface area contributed by atoms with Gasteiger partial charge in [0.05, 0.1) is 6.10 Å². The molecule has 1 unspecified atom stereocenters. The zero-order chi connectivity index (χ0) is 11.7. The van der Waals surface area contributed by atoms with Gasteiger partial charge in [-0.1, -0.05) is 13.8 Å². The van der Waals surface area contributed by atoms with E-state index in [1.807, 2.05) is 0 Å². The van der Waals surface area contributed by atoms with Crippen LogP contribution in [0.25, 0.3) is 0 Å². The minimum absolute atomic E-state index is 0.364. The van der Waals surface area contributed by atoms with E-state index in [1.165, 1.54) is 12.8 Å². The molecule has 1 atom stereocenters. The lowest BCUT2D eigenvalue weighted by molar-refractivity contribution is 0.0767. The molecule has 0 aliphatic rings. The maximum atomic E-state index is 5.48. The first-order valence-corrected chi connectivity index (χ1v) is 6.37. The van der Waals surface area contributed by atoms with Gasteiger partial charge in [-0.2, -0.15) is 0 Å². The summed E-state index contributed by atoms with van der Waals surface area (Å²) in [5.74, 6) is 0.818. The number of hydrogen-bond donors (Lipinski definition) is 1. The predicted molar refractivity (Wildman–Crippen MR) is 67.2 cm³/mol. The van der Waals surface area contributed by atoms with Gasteiger partial charge in [0, 0.05) is 12.6 Å². The molecule has 0 heterocycles. The molecular weight excluding hydrogens is 186 g/mol. The van der Waals surface area contributed by atoms with Gasteiger partial charge in [0.2, 0.25) is 0 Å². The lowest BCUT2D eigenvalue weighted by Gasteiger charge is -2.15. The van der Waals surface area contributed by atoms with Gasteiger partial charge in [-0.15, -0.1) is 0 Å². The average Bonchev–Trinajstić information content (AvgIpc) is 2.13. The van der Waals surface area contributed by atoms with E-state index in [0.717, 1.165) is 25.5 Å². The molecule has 0 rings (SSSR count). The smallest absolute Gasteiger partial charge is 0.0518 e. The Morgan fingerprint density at radius 3 is 2.20 bits per heavy atom. The molecule has 0 spiro atoms. The molecule has 92 valence electrons. The predicted octanol–water partition coefficient (Wildman–Crippen LogP) is 3.22. The summed E-state index contributed by atoms with van der Waals surface area (Å²) in [6.07, 6.45) is 4.08. The van der Waals surface area contributed by atoms with Crippen LogP contribution in [0.15, 0.2) is 0 Å².